The van der Waals surface area contributed by atoms with Crippen molar-refractivity contribution in [1.82, 2.24) is 25.3 Å². The van der Waals surface area contributed by atoms with Crippen molar-refractivity contribution in [3.63, 3.8) is 0 Å². The lowest BCUT2D eigenvalue weighted by molar-refractivity contribution is -0.00628. The third-order valence-electron chi connectivity index (χ3n) is 6.44. The van der Waals surface area contributed by atoms with Gasteiger partial charge in [0.2, 0.25) is 0 Å². The maximum atomic E-state index is 5.91. The maximum absolute atomic E-state index is 5.91. The van der Waals surface area contributed by atoms with Crippen LogP contribution in [0, 0.1) is 0 Å². The van der Waals surface area contributed by atoms with Gasteiger partial charge in [0.15, 0.2) is 0 Å². The van der Waals surface area contributed by atoms with Gasteiger partial charge in [0.1, 0.15) is 0 Å². The smallest absolute Gasteiger partial charge is 0.0727 e. The molecule has 0 amide bonds. The van der Waals surface area contributed by atoms with Crippen LogP contribution < -0.4 is 16.4 Å². The highest BCUT2D eigenvalue weighted by Crippen LogP contribution is 2.09. The first-order valence-electron chi connectivity index (χ1n) is 11.9. The quantitative estimate of drug-likeness (QED) is 0.378. The third-order valence-corrected chi connectivity index (χ3v) is 6.44. The van der Waals surface area contributed by atoms with Gasteiger partial charge in [-0.05, 0) is 58.4 Å². The van der Waals surface area contributed by atoms with E-state index < -0.39 is 0 Å². The molecule has 0 radical (unpaired) electrons. The average molecular weight is 413 g/mol. The molecule has 0 spiro atoms. The van der Waals surface area contributed by atoms with Crippen molar-refractivity contribution in [3.05, 3.63) is 0 Å². The van der Waals surface area contributed by atoms with Crippen molar-refractivity contribution in [1.29, 1.82) is 0 Å². The van der Waals surface area contributed by atoms with Crippen LogP contribution in [0.25, 0.3) is 0 Å². The fourth-order valence-electron chi connectivity index (χ4n) is 4.68. The zero-order valence-corrected chi connectivity index (χ0v) is 18.3. The normalized spacial score (nSPS) is 25.1. The molecule has 8 nitrogen and oxygen atoms in total. The van der Waals surface area contributed by atoms with E-state index in [0.29, 0.717) is 18.9 Å². The van der Waals surface area contributed by atoms with Gasteiger partial charge in [0, 0.05) is 32.7 Å². The number of nitrogens with zero attached hydrogens (tertiary/aromatic N) is 3. The summed E-state index contributed by atoms with van der Waals surface area (Å²) in [7, 11) is 0. The van der Waals surface area contributed by atoms with E-state index in [1.165, 1.54) is 45.3 Å². The Balaban J connectivity index is 1.44. The molecule has 0 aromatic heterocycles. The van der Waals surface area contributed by atoms with Crippen molar-refractivity contribution in [2.75, 3.05) is 91.9 Å². The molecule has 0 aliphatic carbocycles. The van der Waals surface area contributed by atoms with Gasteiger partial charge in [0.05, 0.1) is 38.8 Å². The number of piperidine rings is 1. The van der Waals surface area contributed by atoms with Gasteiger partial charge in [-0.15, -0.1) is 0 Å². The predicted octanol–water partition coefficient (Wildman–Crippen LogP) is -0.293. The van der Waals surface area contributed by atoms with Gasteiger partial charge >= 0.3 is 0 Å². The van der Waals surface area contributed by atoms with E-state index in [1.54, 1.807) is 0 Å². The average Bonchev–Trinajstić information content (AvgIpc) is 2.79. The number of nitrogens with one attached hydrogen (secondary N) is 2. The highest BCUT2D eigenvalue weighted by molar-refractivity contribution is 4.79. The summed E-state index contributed by atoms with van der Waals surface area (Å²) in [4.78, 5) is 7.65. The molecule has 2 atom stereocenters. The summed E-state index contributed by atoms with van der Waals surface area (Å²) >= 11 is 0. The van der Waals surface area contributed by atoms with E-state index in [9.17, 15) is 0 Å². The second kappa shape index (κ2) is 13.9. The largest absolute Gasteiger partial charge is 0.379 e. The Morgan fingerprint density at radius 3 is 2.00 bits per heavy atom. The lowest BCUT2D eigenvalue weighted by atomic mass is 10.1. The lowest BCUT2D eigenvalue weighted by Gasteiger charge is -2.39. The molecule has 3 heterocycles. The van der Waals surface area contributed by atoms with Gasteiger partial charge in [-0.25, -0.2) is 0 Å². The summed E-state index contributed by atoms with van der Waals surface area (Å²) < 4.78 is 11.1. The van der Waals surface area contributed by atoms with Crippen molar-refractivity contribution >= 4 is 0 Å². The van der Waals surface area contributed by atoms with Gasteiger partial charge in [-0.2, -0.15) is 0 Å². The number of rotatable bonds is 12. The fourth-order valence-corrected chi connectivity index (χ4v) is 4.68. The molecule has 3 aliphatic heterocycles. The fraction of sp³-hybridized carbons (Fsp3) is 1.00. The monoisotopic (exact) mass is 412 g/mol. The summed E-state index contributed by atoms with van der Waals surface area (Å²) in [5.41, 5.74) is 5.91. The molecule has 3 saturated heterocycles. The summed E-state index contributed by atoms with van der Waals surface area (Å²) in [6.45, 7) is 13.8. The Morgan fingerprint density at radius 1 is 0.759 bits per heavy atom. The molecule has 3 fully saturated rings. The van der Waals surface area contributed by atoms with Crippen molar-refractivity contribution in [3.8, 4) is 0 Å². The lowest BCUT2D eigenvalue weighted by Crippen LogP contribution is -2.59. The summed E-state index contributed by atoms with van der Waals surface area (Å²) in [5.74, 6) is 0. The van der Waals surface area contributed by atoms with Crippen molar-refractivity contribution in [2.45, 2.75) is 44.4 Å². The SMILES string of the molecule is NCCC(NCC(NCCCN1CCCCC1)N1CCOCC1)N1CCOCC1. The molecule has 0 saturated carbocycles. The molecule has 2 unspecified atom stereocenters. The highest BCUT2D eigenvalue weighted by Gasteiger charge is 2.24. The zero-order valence-electron chi connectivity index (χ0n) is 18.3. The van der Waals surface area contributed by atoms with E-state index >= 15 is 0 Å². The van der Waals surface area contributed by atoms with Gasteiger partial charge in [-0.3, -0.25) is 15.1 Å². The maximum Gasteiger partial charge on any atom is 0.0727 e. The Kier molecular flexibility index (Phi) is 11.2. The molecule has 3 rings (SSSR count). The molecule has 4 N–H and O–H groups in total. The molecule has 0 bridgehead atoms. The molecule has 8 heteroatoms. The van der Waals surface area contributed by atoms with Crippen LogP contribution in [0.2, 0.25) is 0 Å². The second-order valence-electron chi connectivity index (χ2n) is 8.52. The number of nitrogens with two attached hydrogens (primary N) is 1. The first-order chi connectivity index (χ1) is 14.4. The molecule has 0 aromatic carbocycles. The number of likely N-dealkylation sites (tertiary alicyclic amines) is 1. The minimum absolute atomic E-state index is 0.336. The number of hydrogen-bond acceptors (Lipinski definition) is 8. The summed E-state index contributed by atoms with van der Waals surface area (Å²) in [6.07, 6.45) is 7.04. The zero-order chi connectivity index (χ0) is 20.2. The Hall–Kier alpha value is -0.320. The van der Waals surface area contributed by atoms with Crippen molar-refractivity contribution in [2.24, 2.45) is 5.73 Å². The van der Waals surface area contributed by atoms with Gasteiger partial charge < -0.3 is 25.4 Å². The van der Waals surface area contributed by atoms with Crippen molar-refractivity contribution < 1.29 is 9.47 Å². The highest BCUT2D eigenvalue weighted by atomic mass is 16.5. The van der Waals surface area contributed by atoms with Crippen LogP contribution in [-0.4, -0.2) is 119 Å². The third kappa shape index (κ3) is 8.38. The summed E-state index contributed by atoms with van der Waals surface area (Å²) in [5, 5.41) is 7.65. The Bertz CT molecular complexity index is 412. The molecular formula is C21H44N6O2. The predicted molar refractivity (Wildman–Crippen MR) is 117 cm³/mol. The molecule has 29 heavy (non-hydrogen) atoms. The first-order valence-corrected chi connectivity index (χ1v) is 11.9. The van der Waals surface area contributed by atoms with E-state index in [-0.39, 0.29) is 0 Å². The molecule has 3 aliphatic rings. The minimum Gasteiger partial charge on any atom is -0.379 e. The van der Waals surface area contributed by atoms with Crippen LogP contribution >= 0.6 is 0 Å². The Morgan fingerprint density at radius 2 is 1.38 bits per heavy atom. The van der Waals surface area contributed by atoms with E-state index in [0.717, 1.165) is 72.1 Å². The molecule has 0 aromatic rings. The van der Waals surface area contributed by atoms with Gasteiger partial charge in [-0.1, -0.05) is 6.42 Å². The minimum atomic E-state index is 0.336. The molecule has 170 valence electrons. The van der Waals surface area contributed by atoms with Crippen LogP contribution in [0.15, 0.2) is 0 Å². The number of ether oxygens (including phenoxy) is 2. The number of hydrogen-bond donors (Lipinski definition) is 3. The van der Waals surface area contributed by atoms with E-state index in [4.69, 9.17) is 15.2 Å². The van der Waals surface area contributed by atoms with Gasteiger partial charge in [0.25, 0.3) is 0 Å². The van der Waals surface area contributed by atoms with Crippen LogP contribution in [-0.2, 0) is 9.47 Å². The summed E-state index contributed by atoms with van der Waals surface area (Å²) in [6, 6.07) is 0. The standard InChI is InChI=1S/C21H44N6O2/c22-6-5-20(26-11-15-28-16-12-26)24-19-21(27-13-17-29-18-14-27)23-7-4-10-25-8-2-1-3-9-25/h20-21,23-24H,1-19,22H2. The van der Waals surface area contributed by atoms with Crippen LogP contribution in [0.3, 0.4) is 0 Å². The second-order valence-corrected chi connectivity index (χ2v) is 8.52. The Labute approximate surface area is 177 Å². The molecular weight excluding hydrogens is 368 g/mol. The van der Waals surface area contributed by atoms with Crippen LogP contribution in [0.1, 0.15) is 32.1 Å². The topological polar surface area (TPSA) is 78.3 Å². The first kappa shape index (κ1) is 23.3. The van der Waals surface area contributed by atoms with Crippen LogP contribution in [0.5, 0.6) is 0 Å². The van der Waals surface area contributed by atoms with E-state index in [2.05, 4.69) is 25.3 Å². The number of morpholine rings is 2. The van der Waals surface area contributed by atoms with E-state index in [1.807, 2.05) is 0 Å². The van der Waals surface area contributed by atoms with Crippen LogP contribution in [0.4, 0.5) is 0 Å².